The van der Waals surface area contributed by atoms with Crippen molar-refractivity contribution < 1.29 is 9.90 Å². The summed E-state index contributed by atoms with van der Waals surface area (Å²) in [6, 6.07) is 12.7. The second kappa shape index (κ2) is 5.67. The number of hydrogen-bond donors (Lipinski definition) is 1. The van der Waals surface area contributed by atoms with Crippen LogP contribution in [0, 0.1) is 6.92 Å². The fourth-order valence-electron chi connectivity index (χ4n) is 2.33. The van der Waals surface area contributed by atoms with Gasteiger partial charge in [-0.1, -0.05) is 36.4 Å². The lowest BCUT2D eigenvalue weighted by Gasteiger charge is -2.09. The van der Waals surface area contributed by atoms with Gasteiger partial charge in [-0.25, -0.2) is 0 Å². The van der Waals surface area contributed by atoms with Gasteiger partial charge in [0.15, 0.2) is 0 Å². The molecule has 0 aliphatic carbocycles. The van der Waals surface area contributed by atoms with Crippen molar-refractivity contribution >= 4 is 16.7 Å². The molecule has 0 aromatic heterocycles. The summed E-state index contributed by atoms with van der Waals surface area (Å²) in [5, 5.41) is 11.2. The minimum absolute atomic E-state index is 0.270. The van der Waals surface area contributed by atoms with Gasteiger partial charge in [-0.05, 0) is 48.1 Å². The molecule has 2 rings (SSSR count). The molecule has 1 N–H and O–H groups in total. The number of aliphatic carboxylic acids is 1. The number of carboxylic acid groups (broad SMARTS) is 1. The second-order valence-corrected chi connectivity index (χ2v) is 4.67. The van der Waals surface area contributed by atoms with Crippen LogP contribution in [0.25, 0.3) is 10.8 Å². The number of benzene rings is 2. The smallest absolute Gasteiger partial charge is 0.303 e. The zero-order valence-electron chi connectivity index (χ0n) is 10.6. The van der Waals surface area contributed by atoms with Gasteiger partial charge in [0.2, 0.25) is 0 Å². The Kier molecular flexibility index (Phi) is 3.98. The molecule has 0 aliphatic heterocycles. The van der Waals surface area contributed by atoms with Gasteiger partial charge >= 0.3 is 5.97 Å². The monoisotopic (exact) mass is 242 g/mol. The van der Waals surface area contributed by atoms with Crippen LogP contribution in [-0.2, 0) is 11.2 Å². The molecule has 0 fully saturated rings. The van der Waals surface area contributed by atoms with Crippen LogP contribution in [0.15, 0.2) is 36.4 Å². The molecule has 0 heterocycles. The molecule has 0 saturated heterocycles. The van der Waals surface area contributed by atoms with Gasteiger partial charge in [-0.15, -0.1) is 0 Å². The fourth-order valence-corrected chi connectivity index (χ4v) is 2.33. The van der Waals surface area contributed by atoms with E-state index in [4.69, 9.17) is 5.11 Å². The zero-order valence-corrected chi connectivity index (χ0v) is 10.6. The third-order valence-electron chi connectivity index (χ3n) is 3.40. The van der Waals surface area contributed by atoms with Gasteiger partial charge in [0.25, 0.3) is 0 Å². The van der Waals surface area contributed by atoms with E-state index >= 15 is 0 Å². The molecule has 0 radical (unpaired) electrons. The Morgan fingerprint density at radius 3 is 2.67 bits per heavy atom. The van der Waals surface area contributed by atoms with Crippen molar-refractivity contribution in [1.82, 2.24) is 0 Å². The van der Waals surface area contributed by atoms with Crippen LogP contribution in [0.3, 0.4) is 0 Å². The molecule has 0 aliphatic rings. The van der Waals surface area contributed by atoms with Gasteiger partial charge in [-0.3, -0.25) is 4.79 Å². The van der Waals surface area contributed by atoms with Crippen molar-refractivity contribution in [3.8, 4) is 0 Å². The maximum Gasteiger partial charge on any atom is 0.303 e. The van der Waals surface area contributed by atoms with Crippen molar-refractivity contribution in [3.63, 3.8) is 0 Å². The number of carboxylic acids is 1. The molecular formula is C16H18O2. The number of fused-ring (bicyclic) bond motifs is 1. The third-order valence-corrected chi connectivity index (χ3v) is 3.40. The van der Waals surface area contributed by atoms with Crippen molar-refractivity contribution in [2.75, 3.05) is 0 Å². The molecule has 2 heteroatoms. The Labute approximate surface area is 107 Å². The topological polar surface area (TPSA) is 37.3 Å². The summed E-state index contributed by atoms with van der Waals surface area (Å²) in [5.74, 6) is -0.703. The summed E-state index contributed by atoms with van der Waals surface area (Å²) >= 11 is 0. The van der Waals surface area contributed by atoms with E-state index in [0.29, 0.717) is 0 Å². The van der Waals surface area contributed by atoms with Gasteiger partial charge in [0, 0.05) is 6.42 Å². The minimum atomic E-state index is -0.703. The molecule has 0 unspecified atom stereocenters. The van der Waals surface area contributed by atoms with Crippen molar-refractivity contribution in [2.24, 2.45) is 0 Å². The van der Waals surface area contributed by atoms with Crippen molar-refractivity contribution in [3.05, 3.63) is 47.5 Å². The van der Waals surface area contributed by atoms with Crippen LogP contribution in [0.1, 0.15) is 30.4 Å². The molecule has 2 aromatic carbocycles. The molecule has 0 spiro atoms. The second-order valence-electron chi connectivity index (χ2n) is 4.67. The van der Waals surface area contributed by atoms with Gasteiger partial charge in [-0.2, -0.15) is 0 Å². The number of aryl methyl sites for hydroxylation is 2. The zero-order chi connectivity index (χ0) is 13.0. The Hall–Kier alpha value is -1.83. The lowest BCUT2D eigenvalue weighted by molar-refractivity contribution is -0.137. The molecule has 0 amide bonds. The minimum Gasteiger partial charge on any atom is -0.481 e. The summed E-state index contributed by atoms with van der Waals surface area (Å²) in [4.78, 5) is 10.5. The SMILES string of the molecule is Cc1c(CCCCC(=O)O)ccc2ccccc12. The first-order chi connectivity index (χ1) is 8.68. The van der Waals surface area contributed by atoms with Crippen LogP contribution >= 0.6 is 0 Å². The molecule has 0 saturated carbocycles. The van der Waals surface area contributed by atoms with Crippen LogP contribution in [0.2, 0.25) is 0 Å². The van der Waals surface area contributed by atoms with Gasteiger partial charge in [0.05, 0.1) is 0 Å². The van der Waals surface area contributed by atoms with Crippen LogP contribution in [0.5, 0.6) is 0 Å². The number of rotatable bonds is 5. The predicted molar refractivity (Wildman–Crippen MR) is 73.9 cm³/mol. The van der Waals surface area contributed by atoms with Crippen LogP contribution < -0.4 is 0 Å². The maximum absolute atomic E-state index is 10.5. The Morgan fingerprint density at radius 2 is 1.89 bits per heavy atom. The van der Waals surface area contributed by atoms with E-state index in [1.807, 2.05) is 6.07 Å². The molecular weight excluding hydrogens is 224 g/mol. The summed E-state index contributed by atoms with van der Waals surface area (Å²) < 4.78 is 0. The van der Waals surface area contributed by atoms with E-state index in [1.165, 1.54) is 21.9 Å². The normalized spacial score (nSPS) is 10.7. The third kappa shape index (κ3) is 2.89. The average molecular weight is 242 g/mol. The largest absolute Gasteiger partial charge is 0.481 e. The van der Waals surface area contributed by atoms with Crippen LogP contribution in [-0.4, -0.2) is 11.1 Å². The van der Waals surface area contributed by atoms with Gasteiger partial charge < -0.3 is 5.11 Å². The standard InChI is InChI=1S/C16H18O2/c1-12-13(6-3-5-9-16(17)18)10-11-14-7-2-4-8-15(12)14/h2,4,7-8,10-11H,3,5-6,9H2,1H3,(H,17,18). The number of unbranched alkanes of at least 4 members (excludes halogenated alkanes) is 1. The molecule has 2 aromatic rings. The maximum atomic E-state index is 10.5. The molecule has 2 nitrogen and oxygen atoms in total. The molecule has 94 valence electrons. The Morgan fingerprint density at radius 1 is 1.11 bits per heavy atom. The first kappa shape index (κ1) is 12.6. The van der Waals surface area contributed by atoms with Crippen molar-refractivity contribution in [2.45, 2.75) is 32.6 Å². The van der Waals surface area contributed by atoms with E-state index in [2.05, 4.69) is 37.3 Å². The first-order valence-electron chi connectivity index (χ1n) is 6.37. The summed E-state index contributed by atoms with van der Waals surface area (Å²) in [6.45, 7) is 2.15. The van der Waals surface area contributed by atoms with E-state index in [9.17, 15) is 4.79 Å². The van der Waals surface area contributed by atoms with Crippen molar-refractivity contribution in [1.29, 1.82) is 0 Å². The summed E-state index contributed by atoms with van der Waals surface area (Å²) in [6.07, 6.45) is 2.92. The van der Waals surface area contributed by atoms with E-state index in [-0.39, 0.29) is 6.42 Å². The van der Waals surface area contributed by atoms with E-state index < -0.39 is 5.97 Å². The summed E-state index contributed by atoms with van der Waals surface area (Å²) in [5.41, 5.74) is 2.66. The Balaban J connectivity index is 2.09. The highest BCUT2D eigenvalue weighted by Crippen LogP contribution is 2.22. The first-order valence-corrected chi connectivity index (χ1v) is 6.37. The van der Waals surface area contributed by atoms with Gasteiger partial charge in [0.1, 0.15) is 0 Å². The highest BCUT2D eigenvalue weighted by molar-refractivity contribution is 5.86. The molecule has 0 atom stereocenters. The highest BCUT2D eigenvalue weighted by Gasteiger charge is 2.03. The Bertz CT molecular complexity index is 558. The van der Waals surface area contributed by atoms with Crippen LogP contribution in [0.4, 0.5) is 0 Å². The number of carbonyl (C=O) groups is 1. The molecule has 0 bridgehead atoms. The lowest BCUT2D eigenvalue weighted by atomic mass is 9.96. The van der Waals surface area contributed by atoms with E-state index in [1.54, 1.807) is 0 Å². The average Bonchev–Trinajstić information content (AvgIpc) is 2.37. The quantitative estimate of drug-likeness (QED) is 0.806. The predicted octanol–water partition coefficient (Wildman–Crippen LogP) is 3.95. The summed E-state index contributed by atoms with van der Waals surface area (Å²) in [7, 11) is 0. The fraction of sp³-hybridized carbons (Fsp3) is 0.312. The molecule has 18 heavy (non-hydrogen) atoms. The number of hydrogen-bond acceptors (Lipinski definition) is 1. The highest BCUT2D eigenvalue weighted by atomic mass is 16.4. The van der Waals surface area contributed by atoms with E-state index in [0.717, 1.165) is 19.3 Å². The lowest BCUT2D eigenvalue weighted by Crippen LogP contribution is -1.96.